The highest BCUT2D eigenvalue weighted by Gasteiger charge is 2.14. The van der Waals surface area contributed by atoms with Gasteiger partial charge in [0.05, 0.1) is 17.7 Å². The minimum atomic E-state index is -0.250. The summed E-state index contributed by atoms with van der Waals surface area (Å²) in [6.07, 6.45) is 4.73. The molecule has 9 heteroatoms. The van der Waals surface area contributed by atoms with Gasteiger partial charge in [-0.25, -0.2) is 9.67 Å². The molecule has 0 fully saturated rings. The van der Waals surface area contributed by atoms with Crippen LogP contribution in [0.3, 0.4) is 0 Å². The van der Waals surface area contributed by atoms with Gasteiger partial charge in [0.2, 0.25) is 0 Å². The third-order valence-electron chi connectivity index (χ3n) is 4.65. The molecule has 0 aliphatic carbocycles. The molecule has 0 atom stereocenters. The summed E-state index contributed by atoms with van der Waals surface area (Å²) >= 11 is 0. The lowest BCUT2D eigenvalue weighted by Crippen LogP contribution is -2.15. The van der Waals surface area contributed by atoms with E-state index in [9.17, 15) is 0 Å². The Morgan fingerprint density at radius 1 is 1.19 bits per heavy atom. The normalized spacial score (nSPS) is 10.7. The molecule has 0 spiro atoms. The lowest BCUT2D eigenvalue weighted by molar-refractivity contribution is -0.122. The SMILES string of the molecule is CN(C)CCCOc1ccccc1-c1nccn1-c1ccc2c(c1)nnn2C.O=CO. The van der Waals surface area contributed by atoms with Gasteiger partial charge in [-0.15, -0.1) is 5.10 Å². The second-order valence-electron chi connectivity index (χ2n) is 7.11. The number of imidazole rings is 1. The summed E-state index contributed by atoms with van der Waals surface area (Å²) in [4.78, 5) is 15.1. The van der Waals surface area contributed by atoms with Gasteiger partial charge in [-0.1, -0.05) is 17.3 Å². The van der Waals surface area contributed by atoms with E-state index < -0.39 is 0 Å². The number of rotatable bonds is 7. The summed E-state index contributed by atoms with van der Waals surface area (Å²) in [7, 11) is 6.03. The first-order chi connectivity index (χ1) is 15.0. The Labute approximate surface area is 180 Å². The van der Waals surface area contributed by atoms with Crippen molar-refractivity contribution in [3.05, 3.63) is 54.9 Å². The number of nitrogens with zero attached hydrogens (tertiary/aromatic N) is 6. The van der Waals surface area contributed by atoms with Crippen LogP contribution in [0.1, 0.15) is 6.42 Å². The van der Waals surface area contributed by atoms with Crippen LogP contribution in [-0.2, 0) is 11.8 Å². The first kappa shape index (κ1) is 22.0. The molecule has 2 heterocycles. The van der Waals surface area contributed by atoms with E-state index in [4.69, 9.17) is 14.6 Å². The van der Waals surface area contributed by atoms with E-state index in [1.807, 2.05) is 49.6 Å². The molecule has 2 aromatic carbocycles. The number of aryl methyl sites for hydroxylation is 1. The van der Waals surface area contributed by atoms with Crippen molar-refractivity contribution in [2.24, 2.45) is 7.05 Å². The second kappa shape index (κ2) is 10.4. The highest BCUT2D eigenvalue weighted by atomic mass is 16.5. The van der Waals surface area contributed by atoms with Gasteiger partial charge >= 0.3 is 0 Å². The fraction of sp³-hybridized carbons (Fsp3) is 0.273. The smallest absolute Gasteiger partial charge is 0.290 e. The van der Waals surface area contributed by atoms with Crippen LogP contribution < -0.4 is 4.74 Å². The molecule has 9 nitrogen and oxygen atoms in total. The number of aromatic nitrogens is 5. The summed E-state index contributed by atoms with van der Waals surface area (Å²) in [5.41, 5.74) is 3.81. The van der Waals surface area contributed by atoms with Crippen LogP contribution in [0.25, 0.3) is 28.1 Å². The molecule has 0 saturated heterocycles. The van der Waals surface area contributed by atoms with Crippen molar-refractivity contribution in [1.29, 1.82) is 0 Å². The second-order valence-corrected chi connectivity index (χ2v) is 7.11. The molecule has 1 N–H and O–H groups in total. The van der Waals surface area contributed by atoms with Crippen molar-refractivity contribution in [2.75, 3.05) is 27.2 Å². The van der Waals surface area contributed by atoms with Gasteiger partial charge in [-0.3, -0.25) is 9.36 Å². The molecule has 0 bridgehead atoms. The monoisotopic (exact) mass is 422 g/mol. The van der Waals surface area contributed by atoms with Crippen molar-refractivity contribution >= 4 is 17.5 Å². The number of para-hydroxylation sites is 1. The zero-order chi connectivity index (χ0) is 22.2. The summed E-state index contributed by atoms with van der Waals surface area (Å²) in [6, 6.07) is 14.1. The highest BCUT2D eigenvalue weighted by molar-refractivity contribution is 5.77. The summed E-state index contributed by atoms with van der Waals surface area (Å²) in [5.74, 6) is 1.68. The van der Waals surface area contributed by atoms with E-state index in [-0.39, 0.29) is 6.47 Å². The fourth-order valence-corrected chi connectivity index (χ4v) is 3.23. The molecular formula is C22H26N6O3. The van der Waals surface area contributed by atoms with Crippen LogP contribution in [-0.4, -0.2) is 68.3 Å². The van der Waals surface area contributed by atoms with E-state index in [1.54, 1.807) is 10.9 Å². The van der Waals surface area contributed by atoms with E-state index in [0.29, 0.717) is 6.61 Å². The first-order valence-electron chi connectivity index (χ1n) is 9.83. The van der Waals surface area contributed by atoms with Crippen LogP contribution in [0.5, 0.6) is 5.75 Å². The lowest BCUT2D eigenvalue weighted by Gasteiger charge is -2.14. The lowest BCUT2D eigenvalue weighted by atomic mass is 10.1. The molecule has 31 heavy (non-hydrogen) atoms. The van der Waals surface area contributed by atoms with Crippen molar-refractivity contribution in [1.82, 2.24) is 29.4 Å². The number of carboxylic acid groups (broad SMARTS) is 1. The summed E-state index contributed by atoms with van der Waals surface area (Å²) < 4.78 is 9.89. The third kappa shape index (κ3) is 5.26. The Morgan fingerprint density at radius 2 is 1.97 bits per heavy atom. The number of hydrogen-bond donors (Lipinski definition) is 1. The number of benzene rings is 2. The van der Waals surface area contributed by atoms with Crippen LogP contribution in [0.15, 0.2) is 54.9 Å². The van der Waals surface area contributed by atoms with E-state index >= 15 is 0 Å². The predicted molar refractivity (Wildman–Crippen MR) is 118 cm³/mol. The number of hydrogen-bond acceptors (Lipinski definition) is 6. The van der Waals surface area contributed by atoms with Gasteiger partial charge in [0.15, 0.2) is 0 Å². The standard InChI is InChI=1S/C21H24N6O.CH2O2/c1-25(2)12-6-14-28-20-8-5-4-7-17(20)21-22-11-13-27(21)16-9-10-19-18(15-16)23-24-26(19)3;2-1-3/h4-5,7-11,13,15H,6,12,14H2,1-3H3;1H,(H,2,3). The zero-order valence-electron chi connectivity index (χ0n) is 17.8. The molecule has 0 amide bonds. The molecule has 0 radical (unpaired) electrons. The minimum Gasteiger partial charge on any atom is -0.493 e. The third-order valence-corrected chi connectivity index (χ3v) is 4.65. The largest absolute Gasteiger partial charge is 0.493 e. The van der Waals surface area contributed by atoms with Crippen molar-refractivity contribution < 1.29 is 14.6 Å². The van der Waals surface area contributed by atoms with Gasteiger partial charge in [0, 0.05) is 31.7 Å². The average molecular weight is 422 g/mol. The number of carbonyl (C=O) groups is 1. The molecule has 0 aliphatic heterocycles. The highest BCUT2D eigenvalue weighted by Crippen LogP contribution is 2.31. The van der Waals surface area contributed by atoms with Crippen LogP contribution >= 0.6 is 0 Å². The van der Waals surface area contributed by atoms with Crippen LogP contribution in [0.2, 0.25) is 0 Å². The Balaban J connectivity index is 0.000000858. The number of ether oxygens (including phenoxy) is 1. The molecule has 162 valence electrons. The van der Waals surface area contributed by atoms with Crippen LogP contribution in [0.4, 0.5) is 0 Å². The number of fused-ring (bicyclic) bond motifs is 1. The topological polar surface area (TPSA) is 98.3 Å². The first-order valence-corrected chi connectivity index (χ1v) is 9.83. The molecule has 4 rings (SSSR count). The quantitative estimate of drug-likeness (QED) is 0.361. The molecule has 0 aliphatic rings. The van der Waals surface area contributed by atoms with E-state index in [2.05, 4.69) is 44.9 Å². The fourth-order valence-electron chi connectivity index (χ4n) is 3.23. The van der Waals surface area contributed by atoms with Gasteiger partial charge in [0.1, 0.15) is 17.1 Å². The van der Waals surface area contributed by atoms with Gasteiger partial charge in [-0.05, 0) is 50.8 Å². The van der Waals surface area contributed by atoms with Gasteiger partial charge in [-0.2, -0.15) is 0 Å². The van der Waals surface area contributed by atoms with Crippen molar-refractivity contribution in [2.45, 2.75) is 6.42 Å². The Hall–Kier alpha value is -3.72. The summed E-state index contributed by atoms with van der Waals surface area (Å²) in [5, 5.41) is 15.2. The maximum Gasteiger partial charge on any atom is 0.290 e. The minimum absolute atomic E-state index is 0.250. The molecule has 0 saturated carbocycles. The van der Waals surface area contributed by atoms with E-state index in [1.165, 1.54) is 0 Å². The van der Waals surface area contributed by atoms with Crippen molar-refractivity contribution in [3.63, 3.8) is 0 Å². The maximum absolute atomic E-state index is 8.36. The zero-order valence-corrected chi connectivity index (χ0v) is 17.8. The molecular weight excluding hydrogens is 396 g/mol. The molecule has 0 unspecified atom stereocenters. The average Bonchev–Trinajstić information content (AvgIpc) is 3.39. The maximum atomic E-state index is 8.36. The predicted octanol–water partition coefficient (Wildman–Crippen LogP) is 2.85. The van der Waals surface area contributed by atoms with E-state index in [0.717, 1.165) is 46.8 Å². The van der Waals surface area contributed by atoms with Crippen molar-refractivity contribution in [3.8, 4) is 22.8 Å². The summed E-state index contributed by atoms with van der Waals surface area (Å²) in [6.45, 7) is 1.41. The molecule has 4 aromatic rings. The Morgan fingerprint density at radius 3 is 2.74 bits per heavy atom. The Kier molecular flexibility index (Phi) is 7.34. The van der Waals surface area contributed by atoms with Gasteiger partial charge in [0.25, 0.3) is 6.47 Å². The van der Waals surface area contributed by atoms with Crippen LogP contribution in [0, 0.1) is 0 Å². The molecule has 2 aromatic heterocycles. The van der Waals surface area contributed by atoms with Gasteiger partial charge < -0.3 is 14.7 Å². The Bertz CT molecular complexity index is 1140.